The van der Waals surface area contributed by atoms with Crippen LogP contribution in [-0.2, 0) is 0 Å². The molecule has 0 rings (SSSR count). The fraction of sp³-hybridized carbons (Fsp3) is 1.00. The monoisotopic (exact) mass is 273 g/mol. The number of hydrogen-bond acceptors (Lipinski definition) is 2. The average Bonchev–Trinajstić information content (AvgIpc) is 2.30. The molecule has 0 aromatic heterocycles. The third kappa shape index (κ3) is 9.27. The van der Waals surface area contributed by atoms with Gasteiger partial charge < -0.3 is 4.90 Å². The van der Waals surface area contributed by atoms with Crippen LogP contribution in [0.2, 0.25) is 0 Å². The van der Waals surface area contributed by atoms with Gasteiger partial charge in [-0.1, -0.05) is 52.9 Å². The van der Waals surface area contributed by atoms with E-state index in [4.69, 9.17) is 0 Å². The average molecular weight is 274 g/mol. The Labute approximate surface area is 121 Å². The van der Waals surface area contributed by atoms with Crippen molar-refractivity contribution in [2.24, 2.45) is 5.41 Å². The van der Waals surface area contributed by atoms with Gasteiger partial charge in [-0.15, -0.1) is 0 Å². The van der Waals surface area contributed by atoms with E-state index in [0.29, 0.717) is 11.5 Å². The minimum Gasteiger partial charge on any atom is -0.303 e. The van der Waals surface area contributed by atoms with Crippen LogP contribution < -0.4 is 0 Å². The van der Waals surface area contributed by atoms with Gasteiger partial charge in [0, 0.05) is 6.04 Å². The van der Waals surface area contributed by atoms with E-state index in [0.717, 1.165) is 5.75 Å². The third-order valence-electron chi connectivity index (χ3n) is 4.08. The Morgan fingerprint density at radius 2 is 1.33 bits per heavy atom. The molecule has 1 nitrogen and oxygen atoms in total. The van der Waals surface area contributed by atoms with Crippen molar-refractivity contribution in [3.63, 3.8) is 0 Å². The molecule has 0 fully saturated rings. The first kappa shape index (κ1) is 18.3. The van der Waals surface area contributed by atoms with Crippen molar-refractivity contribution in [1.82, 2.24) is 4.90 Å². The first-order valence-electron chi connectivity index (χ1n) is 7.70. The Hall–Kier alpha value is 0.310. The van der Waals surface area contributed by atoms with Crippen molar-refractivity contribution in [3.8, 4) is 0 Å². The highest BCUT2D eigenvalue weighted by Gasteiger charge is 2.23. The molecule has 1 atom stereocenters. The van der Waals surface area contributed by atoms with E-state index in [1.807, 2.05) is 0 Å². The quantitative estimate of drug-likeness (QED) is 0.432. The van der Waals surface area contributed by atoms with Crippen LogP contribution in [0.5, 0.6) is 0 Å². The molecule has 0 aliphatic rings. The molecule has 18 heavy (non-hydrogen) atoms. The highest BCUT2D eigenvalue weighted by molar-refractivity contribution is 7.80. The first-order chi connectivity index (χ1) is 8.39. The highest BCUT2D eigenvalue weighted by atomic mass is 32.1. The van der Waals surface area contributed by atoms with Gasteiger partial charge in [0.25, 0.3) is 0 Å². The number of hydrogen-bond donors (Lipinski definition) is 1. The van der Waals surface area contributed by atoms with Gasteiger partial charge in [0.05, 0.1) is 0 Å². The smallest absolute Gasteiger partial charge is 0.0112 e. The molecule has 0 amide bonds. The van der Waals surface area contributed by atoms with Crippen LogP contribution in [0.15, 0.2) is 0 Å². The Kier molecular flexibility index (Phi) is 10.3. The maximum absolute atomic E-state index is 4.24. The molecule has 0 N–H and O–H groups in total. The second-order valence-electron chi connectivity index (χ2n) is 6.72. The van der Waals surface area contributed by atoms with Crippen LogP contribution >= 0.6 is 12.6 Å². The lowest BCUT2D eigenvalue weighted by atomic mass is 9.87. The molecule has 0 bridgehead atoms. The normalized spacial score (nSPS) is 14.2. The van der Waals surface area contributed by atoms with Crippen LogP contribution in [0.3, 0.4) is 0 Å². The standard InChI is InChI=1S/C16H35NS/c1-15(16(2,3)4)17(5)13-11-9-7-6-8-10-12-14-18/h15,18H,6-14H2,1-5H3. The summed E-state index contributed by atoms with van der Waals surface area (Å²) in [5, 5.41) is 0. The van der Waals surface area contributed by atoms with E-state index in [1.54, 1.807) is 0 Å². The van der Waals surface area contributed by atoms with Gasteiger partial charge in [0.15, 0.2) is 0 Å². The van der Waals surface area contributed by atoms with Crippen molar-refractivity contribution in [2.45, 2.75) is 78.7 Å². The fourth-order valence-electron chi connectivity index (χ4n) is 2.21. The molecule has 0 aliphatic carbocycles. The number of rotatable bonds is 10. The second-order valence-corrected chi connectivity index (χ2v) is 7.17. The largest absolute Gasteiger partial charge is 0.303 e. The van der Waals surface area contributed by atoms with Crippen molar-refractivity contribution < 1.29 is 0 Å². The van der Waals surface area contributed by atoms with E-state index < -0.39 is 0 Å². The van der Waals surface area contributed by atoms with Gasteiger partial charge in [-0.05, 0) is 44.5 Å². The molecule has 2 heteroatoms. The molecule has 0 aromatic carbocycles. The Bertz CT molecular complexity index is 186. The molecule has 0 saturated carbocycles. The van der Waals surface area contributed by atoms with Gasteiger partial charge in [-0.25, -0.2) is 0 Å². The molecule has 0 radical (unpaired) electrons. The van der Waals surface area contributed by atoms with Crippen LogP contribution in [0.4, 0.5) is 0 Å². The predicted octanol–water partition coefficient (Wildman–Crippen LogP) is 5.01. The van der Waals surface area contributed by atoms with E-state index in [2.05, 4.69) is 52.3 Å². The van der Waals surface area contributed by atoms with Gasteiger partial charge in [0.2, 0.25) is 0 Å². The molecule has 0 saturated heterocycles. The van der Waals surface area contributed by atoms with Gasteiger partial charge >= 0.3 is 0 Å². The topological polar surface area (TPSA) is 3.24 Å². The minimum absolute atomic E-state index is 0.390. The van der Waals surface area contributed by atoms with Crippen molar-refractivity contribution in [2.75, 3.05) is 19.3 Å². The maximum atomic E-state index is 4.24. The number of unbranched alkanes of at least 4 members (excludes halogenated alkanes) is 6. The molecule has 110 valence electrons. The van der Waals surface area contributed by atoms with Gasteiger partial charge in [0.1, 0.15) is 0 Å². The summed E-state index contributed by atoms with van der Waals surface area (Å²) >= 11 is 4.24. The zero-order valence-electron chi connectivity index (χ0n) is 13.3. The summed E-state index contributed by atoms with van der Waals surface area (Å²) in [6, 6.07) is 0.660. The van der Waals surface area contributed by atoms with Crippen LogP contribution in [-0.4, -0.2) is 30.3 Å². The molecule has 0 spiro atoms. The van der Waals surface area contributed by atoms with Crippen LogP contribution in [0.25, 0.3) is 0 Å². The highest BCUT2D eigenvalue weighted by Crippen LogP contribution is 2.23. The Morgan fingerprint density at radius 1 is 0.889 bits per heavy atom. The van der Waals surface area contributed by atoms with Crippen LogP contribution in [0.1, 0.15) is 72.6 Å². The summed E-state index contributed by atoms with van der Waals surface area (Å²) in [7, 11) is 2.27. The van der Waals surface area contributed by atoms with Crippen molar-refractivity contribution >= 4 is 12.6 Å². The van der Waals surface area contributed by atoms with E-state index >= 15 is 0 Å². The lowest BCUT2D eigenvalue weighted by Crippen LogP contribution is -2.39. The summed E-state index contributed by atoms with van der Waals surface area (Å²) in [6.45, 7) is 10.6. The molecule has 0 aromatic rings. The van der Waals surface area contributed by atoms with Crippen molar-refractivity contribution in [3.05, 3.63) is 0 Å². The maximum Gasteiger partial charge on any atom is 0.0112 e. The molecular weight excluding hydrogens is 238 g/mol. The number of thiol groups is 1. The van der Waals surface area contributed by atoms with Gasteiger partial charge in [-0.2, -0.15) is 12.6 Å². The summed E-state index contributed by atoms with van der Waals surface area (Å²) in [5.41, 5.74) is 0.390. The molecular formula is C16H35NS. The predicted molar refractivity (Wildman–Crippen MR) is 87.7 cm³/mol. The lowest BCUT2D eigenvalue weighted by Gasteiger charge is -2.35. The lowest BCUT2D eigenvalue weighted by molar-refractivity contribution is 0.139. The zero-order chi connectivity index (χ0) is 14.0. The third-order valence-corrected chi connectivity index (χ3v) is 4.40. The molecule has 0 aliphatic heterocycles. The fourth-order valence-corrected chi connectivity index (χ4v) is 2.44. The van der Waals surface area contributed by atoms with Crippen LogP contribution in [0, 0.1) is 5.41 Å². The summed E-state index contributed by atoms with van der Waals surface area (Å²) < 4.78 is 0. The summed E-state index contributed by atoms with van der Waals surface area (Å²) in [4.78, 5) is 2.51. The molecule has 0 heterocycles. The second kappa shape index (κ2) is 10.1. The summed E-state index contributed by atoms with van der Waals surface area (Å²) in [5.74, 6) is 1.05. The van der Waals surface area contributed by atoms with Gasteiger partial charge in [-0.3, -0.25) is 0 Å². The SMILES string of the molecule is CC(N(C)CCCCCCCCCS)C(C)(C)C. The van der Waals surface area contributed by atoms with E-state index in [-0.39, 0.29) is 0 Å². The van der Waals surface area contributed by atoms with E-state index in [9.17, 15) is 0 Å². The number of nitrogens with zero attached hydrogens (tertiary/aromatic N) is 1. The first-order valence-corrected chi connectivity index (χ1v) is 8.34. The Morgan fingerprint density at radius 3 is 1.78 bits per heavy atom. The Balaban J connectivity index is 3.43. The van der Waals surface area contributed by atoms with E-state index in [1.165, 1.54) is 51.5 Å². The minimum atomic E-state index is 0.390. The molecule has 1 unspecified atom stereocenters. The van der Waals surface area contributed by atoms with Crippen molar-refractivity contribution in [1.29, 1.82) is 0 Å². The zero-order valence-corrected chi connectivity index (χ0v) is 14.2. The summed E-state index contributed by atoms with van der Waals surface area (Å²) in [6.07, 6.45) is 9.61.